The predicted molar refractivity (Wildman–Crippen MR) is 77.1 cm³/mol. The lowest BCUT2D eigenvalue weighted by molar-refractivity contribution is 0.439. The Morgan fingerprint density at radius 1 is 1.15 bits per heavy atom. The molecule has 0 aliphatic carbocycles. The van der Waals surface area contributed by atoms with E-state index in [2.05, 4.69) is 10.1 Å². The highest BCUT2D eigenvalue weighted by atomic mass is 16.5. The lowest BCUT2D eigenvalue weighted by atomic mass is 10.0. The molecular weight excluding hydrogens is 254 g/mol. The van der Waals surface area contributed by atoms with E-state index in [4.69, 9.17) is 10.3 Å². The molecule has 2 heterocycles. The first-order valence-electron chi connectivity index (χ1n) is 6.17. The maximum atomic E-state index is 11.4. The van der Waals surface area contributed by atoms with Crippen molar-refractivity contribution >= 4 is 5.88 Å². The van der Waals surface area contributed by atoms with Gasteiger partial charge in [0.15, 0.2) is 0 Å². The van der Waals surface area contributed by atoms with Gasteiger partial charge in [-0.1, -0.05) is 41.1 Å². The van der Waals surface area contributed by atoms with Gasteiger partial charge in [-0.25, -0.2) is 0 Å². The minimum atomic E-state index is -0.195. The molecule has 0 aliphatic rings. The van der Waals surface area contributed by atoms with E-state index in [0.717, 1.165) is 11.1 Å². The number of hydrogen-bond acceptors (Lipinski definition) is 4. The largest absolute Gasteiger partial charge is 0.367 e. The highest BCUT2D eigenvalue weighted by Gasteiger charge is 2.17. The highest BCUT2D eigenvalue weighted by molar-refractivity contribution is 5.85. The summed E-state index contributed by atoms with van der Waals surface area (Å²) in [5.41, 5.74) is 9.51. The Balaban J connectivity index is 2.19. The molecule has 0 aliphatic heterocycles. The fourth-order valence-electron chi connectivity index (χ4n) is 2.07. The van der Waals surface area contributed by atoms with E-state index in [-0.39, 0.29) is 11.4 Å². The Morgan fingerprint density at radius 2 is 1.90 bits per heavy atom. The van der Waals surface area contributed by atoms with Crippen LogP contribution in [0.5, 0.6) is 0 Å². The van der Waals surface area contributed by atoms with E-state index in [1.807, 2.05) is 31.2 Å². The van der Waals surface area contributed by atoms with Crippen LogP contribution >= 0.6 is 0 Å². The molecule has 2 aromatic heterocycles. The second-order valence-electron chi connectivity index (χ2n) is 4.57. The molecule has 0 unspecified atom stereocenters. The first-order valence-corrected chi connectivity index (χ1v) is 6.17. The molecule has 0 fully saturated rings. The van der Waals surface area contributed by atoms with Crippen molar-refractivity contribution in [2.45, 2.75) is 6.92 Å². The molecule has 1 aromatic carbocycles. The quantitative estimate of drug-likeness (QED) is 0.747. The number of nitrogens with one attached hydrogen (secondary N) is 1. The fraction of sp³-hybridized carbons (Fsp3) is 0.0667. The van der Waals surface area contributed by atoms with Gasteiger partial charge in [0.25, 0.3) is 0 Å². The summed E-state index contributed by atoms with van der Waals surface area (Å²) in [7, 11) is 0. The molecule has 3 aromatic rings. The molecule has 100 valence electrons. The second-order valence-corrected chi connectivity index (χ2v) is 4.57. The lowest BCUT2D eigenvalue weighted by Crippen LogP contribution is -2.04. The first kappa shape index (κ1) is 12.2. The van der Waals surface area contributed by atoms with Gasteiger partial charge >= 0.3 is 0 Å². The van der Waals surface area contributed by atoms with Gasteiger partial charge in [0, 0.05) is 6.07 Å². The maximum Gasteiger partial charge on any atom is 0.248 e. The third kappa shape index (κ3) is 2.09. The number of aryl methyl sites for hydroxylation is 1. The zero-order valence-corrected chi connectivity index (χ0v) is 10.9. The van der Waals surface area contributed by atoms with Crippen molar-refractivity contribution in [3.63, 3.8) is 0 Å². The van der Waals surface area contributed by atoms with Gasteiger partial charge in [0.2, 0.25) is 11.4 Å². The van der Waals surface area contributed by atoms with Gasteiger partial charge < -0.3 is 15.2 Å². The van der Waals surface area contributed by atoms with Crippen LogP contribution in [0.25, 0.3) is 22.5 Å². The minimum absolute atomic E-state index is 0.195. The first-order chi connectivity index (χ1) is 9.65. The maximum absolute atomic E-state index is 11.4. The van der Waals surface area contributed by atoms with E-state index in [9.17, 15) is 4.79 Å². The molecule has 5 heteroatoms. The Kier molecular flexibility index (Phi) is 2.87. The third-order valence-corrected chi connectivity index (χ3v) is 3.08. The molecule has 0 spiro atoms. The summed E-state index contributed by atoms with van der Waals surface area (Å²) >= 11 is 0. The van der Waals surface area contributed by atoms with Gasteiger partial charge in [-0.3, -0.25) is 4.79 Å². The number of benzene rings is 1. The predicted octanol–water partition coefficient (Wildman–Crippen LogP) is 2.59. The van der Waals surface area contributed by atoms with Crippen molar-refractivity contribution in [1.29, 1.82) is 0 Å². The summed E-state index contributed by atoms with van der Waals surface area (Å²) in [6, 6.07) is 12.7. The summed E-state index contributed by atoms with van der Waals surface area (Å²) in [6.45, 7) is 2.01. The average molecular weight is 267 g/mol. The summed E-state index contributed by atoms with van der Waals surface area (Å²) < 4.78 is 5.08. The molecule has 3 rings (SSSR count). The van der Waals surface area contributed by atoms with E-state index in [1.54, 1.807) is 12.1 Å². The molecule has 0 radical (unpaired) electrons. The van der Waals surface area contributed by atoms with Crippen molar-refractivity contribution in [1.82, 2.24) is 10.1 Å². The van der Waals surface area contributed by atoms with Gasteiger partial charge in [-0.2, -0.15) is 0 Å². The van der Waals surface area contributed by atoms with Crippen LogP contribution in [0.2, 0.25) is 0 Å². The molecule has 0 atom stereocenters. The van der Waals surface area contributed by atoms with Crippen molar-refractivity contribution in [3.8, 4) is 22.5 Å². The zero-order valence-electron chi connectivity index (χ0n) is 10.9. The minimum Gasteiger partial charge on any atom is -0.367 e. The van der Waals surface area contributed by atoms with Crippen LogP contribution < -0.4 is 11.3 Å². The number of nitrogens with two attached hydrogens (primary N) is 1. The molecule has 0 bridgehead atoms. The number of rotatable bonds is 2. The normalized spacial score (nSPS) is 10.7. The van der Waals surface area contributed by atoms with E-state index >= 15 is 0 Å². The summed E-state index contributed by atoms with van der Waals surface area (Å²) in [5, 5.41) is 3.96. The second kappa shape index (κ2) is 4.70. The number of pyridine rings is 1. The van der Waals surface area contributed by atoms with Crippen molar-refractivity contribution in [2.24, 2.45) is 0 Å². The summed E-state index contributed by atoms with van der Waals surface area (Å²) in [4.78, 5) is 14.1. The van der Waals surface area contributed by atoms with Crippen LogP contribution in [0.3, 0.4) is 0 Å². The summed E-state index contributed by atoms with van der Waals surface area (Å²) in [6.07, 6.45) is 0. The zero-order chi connectivity index (χ0) is 14.1. The Labute approximate surface area is 115 Å². The number of hydrogen-bond donors (Lipinski definition) is 2. The van der Waals surface area contributed by atoms with Crippen molar-refractivity contribution < 1.29 is 4.52 Å². The molecule has 0 saturated carbocycles. The standard InChI is InChI=1S/C15H13N3O2/c1-9-5-7-10(8-6-9)13-14(18-20-15(13)16)11-3-2-4-12(19)17-11/h2-8H,16H2,1H3,(H,17,19). The topological polar surface area (TPSA) is 84.9 Å². The number of nitrogen functional groups attached to an aromatic ring is 1. The molecule has 5 nitrogen and oxygen atoms in total. The van der Waals surface area contributed by atoms with Crippen molar-refractivity contribution in [2.75, 3.05) is 5.73 Å². The van der Waals surface area contributed by atoms with E-state index in [0.29, 0.717) is 17.0 Å². The smallest absolute Gasteiger partial charge is 0.248 e. The van der Waals surface area contributed by atoms with E-state index < -0.39 is 0 Å². The van der Waals surface area contributed by atoms with Gasteiger partial charge in [0.05, 0.1) is 11.3 Å². The average Bonchev–Trinajstić information content (AvgIpc) is 2.82. The fourth-order valence-corrected chi connectivity index (χ4v) is 2.07. The SMILES string of the molecule is Cc1ccc(-c2c(-c3cccc(=O)[nH]3)noc2N)cc1. The van der Waals surface area contributed by atoms with Crippen LogP contribution in [0, 0.1) is 6.92 Å². The van der Waals surface area contributed by atoms with Crippen LogP contribution in [0.1, 0.15) is 5.56 Å². The van der Waals surface area contributed by atoms with Crippen LogP contribution in [0.4, 0.5) is 5.88 Å². The molecular formula is C15H13N3O2. The molecule has 3 N–H and O–H groups in total. The highest BCUT2D eigenvalue weighted by Crippen LogP contribution is 2.34. The van der Waals surface area contributed by atoms with Crippen molar-refractivity contribution in [3.05, 3.63) is 58.4 Å². The molecule has 0 amide bonds. The van der Waals surface area contributed by atoms with Gasteiger partial charge in [-0.15, -0.1) is 0 Å². The Morgan fingerprint density at radius 3 is 2.60 bits per heavy atom. The lowest BCUT2D eigenvalue weighted by Gasteiger charge is -2.03. The number of H-pyrrole nitrogens is 1. The van der Waals surface area contributed by atoms with Crippen LogP contribution in [-0.2, 0) is 0 Å². The van der Waals surface area contributed by atoms with Crippen LogP contribution in [-0.4, -0.2) is 10.1 Å². The summed E-state index contributed by atoms with van der Waals surface area (Å²) in [5.74, 6) is 0.230. The number of anilines is 1. The molecule has 0 saturated heterocycles. The van der Waals surface area contributed by atoms with E-state index in [1.165, 1.54) is 6.07 Å². The van der Waals surface area contributed by atoms with Gasteiger partial charge in [-0.05, 0) is 18.6 Å². The number of aromatic amines is 1. The number of nitrogens with zero attached hydrogens (tertiary/aromatic N) is 1. The monoisotopic (exact) mass is 267 g/mol. The number of aromatic nitrogens is 2. The van der Waals surface area contributed by atoms with Gasteiger partial charge in [0.1, 0.15) is 5.69 Å². The van der Waals surface area contributed by atoms with Crippen LogP contribution in [0.15, 0.2) is 51.8 Å². The third-order valence-electron chi connectivity index (χ3n) is 3.08. The molecule has 20 heavy (non-hydrogen) atoms. The Hall–Kier alpha value is -2.82. The Bertz CT molecular complexity index is 800.